The van der Waals surface area contributed by atoms with Crippen LogP contribution in [0.1, 0.15) is 43.7 Å². The second kappa shape index (κ2) is 6.63. The Balaban J connectivity index is 1.75. The Kier molecular flexibility index (Phi) is 4.46. The van der Waals surface area contributed by atoms with Gasteiger partial charge in [0.1, 0.15) is 0 Å². The number of rotatable bonds is 2. The SMILES string of the molecule is CC1=CCC(N2C(=O)N(c3ccc(C#N)c(C(F)(F)F)c3)C(O)C23CCC3)C=C1. The molecule has 1 saturated carbocycles. The number of urea groups is 1. The van der Waals surface area contributed by atoms with Crippen LogP contribution in [-0.2, 0) is 6.18 Å². The summed E-state index contributed by atoms with van der Waals surface area (Å²) < 4.78 is 40.2. The highest BCUT2D eigenvalue weighted by Gasteiger charge is 2.61. The summed E-state index contributed by atoms with van der Waals surface area (Å²) >= 11 is 0. The fourth-order valence-electron chi connectivity index (χ4n) is 4.46. The van der Waals surface area contributed by atoms with Crippen LogP contribution in [0.3, 0.4) is 0 Å². The topological polar surface area (TPSA) is 67.6 Å². The van der Waals surface area contributed by atoms with Crippen molar-refractivity contribution in [1.82, 2.24) is 4.90 Å². The molecule has 3 aliphatic rings. The molecule has 1 N–H and O–H groups in total. The summed E-state index contributed by atoms with van der Waals surface area (Å²) in [5.41, 5.74) is -1.43. The van der Waals surface area contributed by atoms with Crippen LogP contribution in [0.5, 0.6) is 0 Å². The van der Waals surface area contributed by atoms with Gasteiger partial charge in [-0.25, -0.2) is 4.79 Å². The number of amides is 2. The average Bonchev–Trinajstić information content (AvgIpc) is 2.88. The van der Waals surface area contributed by atoms with Crippen LogP contribution in [0.2, 0.25) is 0 Å². The maximum atomic E-state index is 13.4. The van der Waals surface area contributed by atoms with Crippen molar-refractivity contribution in [1.29, 1.82) is 5.26 Å². The van der Waals surface area contributed by atoms with Crippen LogP contribution in [0.4, 0.5) is 23.7 Å². The number of alkyl halides is 3. The average molecular weight is 403 g/mol. The molecule has 8 heteroatoms. The van der Waals surface area contributed by atoms with E-state index in [1.54, 1.807) is 4.90 Å². The molecule has 4 rings (SSSR count). The van der Waals surface area contributed by atoms with E-state index >= 15 is 0 Å². The number of nitriles is 1. The number of aliphatic hydroxyl groups is 1. The smallest absolute Gasteiger partial charge is 0.371 e. The minimum atomic E-state index is -4.74. The first-order valence-electron chi connectivity index (χ1n) is 9.46. The zero-order chi connectivity index (χ0) is 21.0. The van der Waals surface area contributed by atoms with Crippen molar-refractivity contribution < 1.29 is 23.1 Å². The van der Waals surface area contributed by atoms with Gasteiger partial charge < -0.3 is 10.0 Å². The molecule has 2 unspecified atom stereocenters. The molecule has 2 atom stereocenters. The number of benzene rings is 1. The number of carbonyl (C=O) groups is 1. The standard InChI is InChI=1S/C21H20F3N3O2/c1-13-3-6-15(7-4-13)27-19(29)26(18(28)20(27)9-2-10-20)16-8-5-14(12-25)17(11-16)21(22,23)24/h3-6,8,11,15,18,28H,2,7,9-10H2,1H3. The van der Waals surface area contributed by atoms with Gasteiger partial charge in [-0.2, -0.15) is 18.4 Å². The molecule has 152 valence electrons. The van der Waals surface area contributed by atoms with Crippen LogP contribution in [0, 0.1) is 11.3 Å². The van der Waals surface area contributed by atoms with E-state index in [4.69, 9.17) is 5.26 Å². The van der Waals surface area contributed by atoms with Crippen molar-refractivity contribution in [2.45, 2.75) is 56.6 Å². The van der Waals surface area contributed by atoms with Crippen molar-refractivity contribution in [2.24, 2.45) is 0 Å². The predicted octanol–water partition coefficient (Wildman–Crippen LogP) is 4.33. The van der Waals surface area contributed by atoms with Crippen LogP contribution in [0.25, 0.3) is 0 Å². The Labute approximate surface area is 166 Å². The van der Waals surface area contributed by atoms with Crippen molar-refractivity contribution in [3.05, 3.63) is 53.1 Å². The number of nitrogens with zero attached hydrogens (tertiary/aromatic N) is 3. The number of hydrogen-bond donors (Lipinski definition) is 1. The maximum absolute atomic E-state index is 13.4. The Morgan fingerprint density at radius 3 is 2.55 bits per heavy atom. The molecule has 2 aliphatic carbocycles. The minimum Gasteiger partial charge on any atom is -0.371 e. The molecule has 1 spiro atoms. The lowest BCUT2D eigenvalue weighted by atomic mass is 9.73. The zero-order valence-corrected chi connectivity index (χ0v) is 15.8. The predicted molar refractivity (Wildman–Crippen MR) is 99.8 cm³/mol. The van der Waals surface area contributed by atoms with Crippen molar-refractivity contribution >= 4 is 11.7 Å². The van der Waals surface area contributed by atoms with Crippen LogP contribution >= 0.6 is 0 Å². The normalized spacial score (nSPS) is 25.8. The van der Waals surface area contributed by atoms with E-state index in [0.29, 0.717) is 19.3 Å². The van der Waals surface area contributed by atoms with Gasteiger partial charge in [0.25, 0.3) is 0 Å². The number of hydrogen-bond acceptors (Lipinski definition) is 3. The monoisotopic (exact) mass is 403 g/mol. The highest BCUT2D eigenvalue weighted by molar-refractivity contribution is 5.96. The fourth-order valence-corrected chi connectivity index (χ4v) is 4.46. The Morgan fingerprint density at radius 2 is 2.03 bits per heavy atom. The lowest BCUT2D eigenvalue weighted by Gasteiger charge is -2.48. The zero-order valence-electron chi connectivity index (χ0n) is 15.8. The summed E-state index contributed by atoms with van der Waals surface area (Å²) in [5.74, 6) is 0. The van der Waals surface area contributed by atoms with Gasteiger partial charge in [0, 0.05) is 5.69 Å². The Bertz CT molecular complexity index is 957. The van der Waals surface area contributed by atoms with Gasteiger partial charge in [0.15, 0.2) is 6.23 Å². The van der Waals surface area contributed by atoms with E-state index < -0.39 is 35.1 Å². The molecule has 2 amide bonds. The quantitative estimate of drug-likeness (QED) is 0.799. The third-order valence-corrected chi connectivity index (χ3v) is 6.14. The molecule has 1 aromatic rings. The van der Waals surface area contributed by atoms with E-state index in [1.807, 2.05) is 25.2 Å². The molecule has 5 nitrogen and oxygen atoms in total. The van der Waals surface area contributed by atoms with Gasteiger partial charge in [0.05, 0.1) is 28.8 Å². The molecule has 29 heavy (non-hydrogen) atoms. The first-order valence-corrected chi connectivity index (χ1v) is 9.46. The number of allylic oxidation sites excluding steroid dienone is 2. The second-order valence-electron chi connectivity index (χ2n) is 7.80. The van der Waals surface area contributed by atoms with Gasteiger partial charge in [0.2, 0.25) is 0 Å². The number of aliphatic hydroxyl groups excluding tert-OH is 1. The lowest BCUT2D eigenvalue weighted by molar-refractivity contribution is -0.137. The third kappa shape index (κ3) is 2.92. The summed E-state index contributed by atoms with van der Waals surface area (Å²) in [6.07, 6.45) is 2.43. The van der Waals surface area contributed by atoms with Gasteiger partial charge in [-0.1, -0.05) is 23.8 Å². The maximum Gasteiger partial charge on any atom is 0.417 e. The van der Waals surface area contributed by atoms with Crippen LogP contribution in [0.15, 0.2) is 42.0 Å². The molecule has 2 fully saturated rings. The first-order chi connectivity index (χ1) is 13.7. The fraction of sp³-hybridized carbons (Fsp3) is 0.429. The van der Waals surface area contributed by atoms with Crippen molar-refractivity contribution in [3.8, 4) is 6.07 Å². The third-order valence-electron chi connectivity index (χ3n) is 6.14. The van der Waals surface area contributed by atoms with Gasteiger partial charge >= 0.3 is 12.2 Å². The lowest BCUT2D eigenvalue weighted by Crippen LogP contribution is -2.59. The van der Waals surface area contributed by atoms with E-state index in [-0.39, 0.29) is 11.7 Å². The molecule has 0 aromatic heterocycles. The molecule has 0 bridgehead atoms. The molecule has 1 aromatic carbocycles. The molecule has 1 saturated heterocycles. The van der Waals surface area contributed by atoms with Gasteiger partial charge in [-0.15, -0.1) is 0 Å². The summed E-state index contributed by atoms with van der Waals surface area (Å²) in [4.78, 5) is 16.0. The van der Waals surface area contributed by atoms with Crippen molar-refractivity contribution in [2.75, 3.05) is 4.90 Å². The molecular formula is C21H20F3N3O2. The van der Waals surface area contributed by atoms with Crippen LogP contribution in [-0.4, -0.2) is 33.8 Å². The molecule has 1 heterocycles. The highest BCUT2D eigenvalue weighted by atomic mass is 19.4. The Hall–Kier alpha value is -2.79. The van der Waals surface area contributed by atoms with E-state index in [2.05, 4.69) is 0 Å². The van der Waals surface area contributed by atoms with E-state index in [1.165, 1.54) is 12.1 Å². The first kappa shape index (κ1) is 19.5. The molecule has 0 radical (unpaired) electrons. The van der Waals surface area contributed by atoms with Crippen LogP contribution < -0.4 is 4.90 Å². The Morgan fingerprint density at radius 1 is 1.31 bits per heavy atom. The highest BCUT2D eigenvalue weighted by Crippen LogP contribution is 2.50. The second-order valence-corrected chi connectivity index (χ2v) is 7.80. The summed E-state index contributed by atoms with van der Waals surface area (Å²) in [6, 6.07) is 3.86. The number of carbonyl (C=O) groups excluding carboxylic acids is 1. The largest absolute Gasteiger partial charge is 0.417 e. The summed E-state index contributed by atoms with van der Waals surface area (Å²) in [5, 5.41) is 20.0. The van der Waals surface area contributed by atoms with Gasteiger partial charge in [-0.3, -0.25) is 4.90 Å². The summed E-state index contributed by atoms with van der Waals surface area (Å²) in [7, 11) is 0. The molecular weight excluding hydrogens is 383 g/mol. The number of anilines is 1. The molecule has 1 aliphatic heterocycles. The van der Waals surface area contributed by atoms with E-state index in [9.17, 15) is 23.1 Å². The minimum absolute atomic E-state index is 0.0610. The summed E-state index contributed by atoms with van der Waals surface area (Å²) in [6.45, 7) is 1.95. The van der Waals surface area contributed by atoms with E-state index in [0.717, 1.165) is 29.0 Å². The van der Waals surface area contributed by atoms with Gasteiger partial charge in [-0.05, 0) is 50.8 Å². The van der Waals surface area contributed by atoms with Crippen molar-refractivity contribution in [3.63, 3.8) is 0 Å². The number of halogens is 3.